The molecule has 0 unspecified atom stereocenters. The van der Waals surface area contributed by atoms with Crippen LogP contribution < -0.4 is 0 Å². The van der Waals surface area contributed by atoms with Gasteiger partial charge >= 0.3 is 64.3 Å². The fourth-order valence-electron chi connectivity index (χ4n) is 0. The average Bonchev–Trinajstić information content (AvgIpc) is 0. The van der Waals surface area contributed by atoms with Crippen LogP contribution in [0.2, 0.25) is 0 Å². The zero-order valence-corrected chi connectivity index (χ0v) is 1.74. The van der Waals surface area contributed by atoms with Crippen molar-refractivity contribution in [2.45, 2.75) is 0 Å². The van der Waals surface area contributed by atoms with Gasteiger partial charge in [-0.25, -0.2) is 0 Å². The van der Waals surface area contributed by atoms with Crippen molar-refractivity contribution in [3.05, 3.63) is 0 Å². The van der Waals surface area contributed by atoms with Crippen LogP contribution in [-0.2, 0) is 17.1 Å². The SMILES string of the molecule is O.[Cu].[LiH].[SrH2]. The van der Waals surface area contributed by atoms with E-state index in [2.05, 4.69) is 0 Å². The Hall–Kier alpha value is 2.56. The van der Waals surface area contributed by atoms with Crippen molar-refractivity contribution >= 4 is 64.3 Å². The van der Waals surface area contributed by atoms with Gasteiger partial charge in [0.05, 0.1) is 0 Å². The average molecular weight is 179 g/mol. The molecule has 0 fully saturated rings. The van der Waals surface area contributed by atoms with Crippen LogP contribution in [0.1, 0.15) is 0 Å². The topological polar surface area (TPSA) is 31.5 Å². The van der Waals surface area contributed by atoms with Crippen molar-refractivity contribution in [3.8, 4) is 0 Å². The number of rotatable bonds is 0. The van der Waals surface area contributed by atoms with Crippen LogP contribution in [0.25, 0.3) is 0 Å². The molecule has 0 aliphatic rings. The van der Waals surface area contributed by atoms with Gasteiger partial charge in [-0.15, -0.1) is 0 Å². The summed E-state index contributed by atoms with van der Waals surface area (Å²) in [7, 11) is 0. The van der Waals surface area contributed by atoms with Crippen LogP contribution in [0.5, 0.6) is 0 Å². The Morgan fingerprint density at radius 1 is 1.00 bits per heavy atom. The molecule has 1 nitrogen and oxygen atoms in total. The Morgan fingerprint density at radius 2 is 1.00 bits per heavy atom. The summed E-state index contributed by atoms with van der Waals surface area (Å²) in [6.07, 6.45) is 0. The second-order valence-corrected chi connectivity index (χ2v) is 0. The van der Waals surface area contributed by atoms with Crippen LogP contribution in [0.3, 0.4) is 0 Å². The van der Waals surface area contributed by atoms with E-state index >= 15 is 0 Å². The molecule has 0 aromatic heterocycles. The van der Waals surface area contributed by atoms with Crippen molar-refractivity contribution in [3.63, 3.8) is 0 Å². The van der Waals surface area contributed by atoms with Gasteiger partial charge in [0.2, 0.25) is 0 Å². The van der Waals surface area contributed by atoms with E-state index in [1.165, 1.54) is 0 Å². The van der Waals surface area contributed by atoms with Crippen molar-refractivity contribution in [1.29, 1.82) is 0 Å². The predicted molar refractivity (Wildman–Crippen MR) is 19.3 cm³/mol. The monoisotopic (exact) mass is 179 g/mol. The second kappa shape index (κ2) is 17.6. The molecule has 0 aliphatic heterocycles. The molecule has 2 N–H and O–H groups in total. The molecular weight excluding hydrogens is 174 g/mol. The molecule has 0 spiro atoms. The maximum absolute atomic E-state index is 0. The first-order chi connectivity index (χ1) is 0. The molecule has 0 rings (SSSR count). The van der Waals surface area contributed by atoms with E-state index < -0.39 is 0 Å². The number of hydrogen-bond donors (Lipinski definition) is 0. The molecule has 0 heterocycles. The third-order valence-corrected chi connectivity index (χ3v) is 0. The first-order valence-corrected chi connectivity index (χ1v) is 0. The molecule has 0 amide bonds. The standard InChI is InChI=1S/Cu.Li.H2O.Sr.3H/h;;1H2;;;;. The molecule has 0 bridgehead atoms. The predicted octanol–water partition coefficient (Wildman–Crippen LogP) is -2.39. The van der Waals surface area contributed by atoms with Gasteiger partial charge in [-0.05, 0) is 0 Å². The second-order valence-electron chi connectivity index (χ2n) is 0. The van der Waals surface area contributed by atoms with Crippen molar-refractivity contribution in [1.82, 2.24) is 0 Å². The first-order valence-electron chi connectivity index (χ1n) is 0. The van der Waals surface area contributed by atoms with Crippen molar-refractivity contribution in [2.75, 3.05) is 0 Å². The van der Waals surface area contributed by atoms with Gasteiger partial charge in [-0.1, -0.05) is 0 Å². The van der Waals surface area contributed by atoms with Gasteiger partial charge in [0.15, 0.2) is 0 Å². The Balaban J connectivity index is 0. The van der Waals surface area contributed by atoms with Gasteiger partial charge in [0.1, 0.15) is 0 Å². The third-order valence-electron chi connectivity index (χ3n) is 0. The molecular formula is H5CuLiOSr. The molecule has 0 saturated carbocycles. The zero-order chi connectivity index (χ0) is 0. The van der Waals surface area contributed by atoms with Crippen LogP contribution in [-0.4, -0.2) is 69.8 Å². The van der Waals surface area contributed by atoms with E-state index in [-0.39, 0.29) is 86.9 Å². The van der Waals surface area contributed by atoms with Crippen molar-refractivity contribution < 1.29 is 22.5 Å². The van der Waals surface area contributed by atoms with E-state index in [9.17, 15) is 0 Å². The summed E-state index contributed by atoms with van der Waals surface area (Å²) in [5.41, 5.74) is 0. The molecule has 0 aliphatic carbocycles. The fourth-order valence-corrected chi connectivity index (χ4v) is 0. The summed E-state index contributed by atoms with van der Waals surface area (Å²) >= 11 is 0. The Kier molecular flexibility index (Phi) is 137. The summed E-state index contributed by atoms with van der Waals surface area (Å²) in [5.74, 6) is 0. The Morgan fingerprint density at radius 3 is 1.00 bits per heavy atom. The molecule has 1 radical (unpaired) electrons. The Labute approximate surface area is 85.1 Å². The normalized spacial score (nSPS) is 0. The third kappa shape index (κ3) is 8.82. The van der Waals surface area contributed by atoms with Gasteiger partial charge < -0.3 is 5.48 Å². The molecule has 0 aromatic carbocycles. The summed E-state index contributed by atoms with van der Waals surface area (Å²) < 4.78 is 0. The quantitative estimate of drug-likeness (QED) is 0.372. The van der Waals surface area contributed by atoms with Gasteiger partial charge in [0, 0.05) is 17.1 Å². The van der Waals surface area contributed by atoms with E-state index in [0.717, 1.165) is 0 Å². The van der Waals surface area contributed by atoms with Crippen LogP contribution >= 0.6 is 0 Å². The van der Waals surface area contributed by atoms with E-state index in [1.54, 1.807) is 0 Å². The molecule has 0 aromatic rings. The molecule has 0 atom stereocenters. The summed E-state index contributed by atoms with van der Waals surface area (Å²) in [5, 5.41) is 0. The molecule has 4 heteroatoms. The summed E-state index contributed by atoms with van der Waals surface area (Å²) in [6.45, 7) is 0. The molecule has 0 saturated heterocycles. The van der Waals surface area contributed by atoms with Crippen molar-refractivity contribution in [2.24, 2.45) is 0 Å². The number of hydrogen-bond acceptors (Lipinski definition) is 0. The van der Waals surface area contributed by atoms with Crippen LogP contribution in [0, 0.1) is 0 Å². The zero-order valence-electron chi connectivity index (χ0n) is 0.802. The van der Waals surface area contributed by atoms with E-state index in [1.807, 2.05) is 0 Å². The minimum atomic E-state index is 0. The van der Waals surface area contributed by atoms with E-state index in [0.29, 0.717) is 0 Å². The van der Waals surface area contributed by atoms with Gasteiger partial charge in [0.25, 0.3) is 0 Å². The van der Waals surface area contributed by atoms with Crippen LogP contribution in [0.4, 0.5) is 0 Å². The first kappa shape index (κ1) is 31.0. The van der Waals surface area contributed by atoms with Crippen LogP contribution in [0.15, 0.2) is 0 Å². The van der Waals surface area contributed by atoms with Gasteiger partial charge in [-0.3, -0.25) is 0 Å². The molecule has 25 valence electrons. The maximum atomic E-state index is 0. The Bertz CT molecular complexity index is 8.00. The summed E-state index contributed by atoms with van der Waals surface area (Å²) in [6, 6.07) is 0. The minimum absolute atomic E-state index is 0. The van der Waals surface area contributed by atoms with E-state index in [4.69, 9.17) is 0 Å². The molecule has 4 heavy (non-hydrogen) atoms. The fraction of sp³-hybridized carbons (Fsp3) is 0. The van der Waals surface area contributed by atoms with Gasteiger partial charge in [-0.2, -0.15) is 0 Å². The summed E-state index contributed by atoms with van der Waals surface area (Å²) in [4.78, 5) is 0.